The van der Waals surface area contributed by atoms with Gasteiger partial charge in [0.05, 0.1) is 18.1 Å². The lowest BCUT2D eigenvalue weighted by Crippen LogP contribution is -2.04. The quantitative estimate of drug-likeness (QED) is 0.623. The van der Waals surface area contributed by atoms with Crippen LogP contribution in [0.15, 0.2) is 41.8 Å². The number of aliphatic hydroxyl groups excluding tert-OH is 1. The zero-order chi connectivity index (χ0) is 13.5. The van der Waals surface area contributed by atoms with E-state index in [2.05, 4.69) is 0 Å². The number of hydrogen-bond donors (Lipinski definition) is 1. The molecule has 19 heavy (non-hydrogen) atoms. The molecule has 2 rings (SSSR count). The van der Waals surface area contributed by atoms with Crippen LogP contribution in [0.3, 0.4) is 0 Å². The number of carbonyl (C=O) groups excluding carboxylic acids is 1. The number of para-hydroxylation sites is 1. The molecule has 0 spiro atoms. The van der Waals surface area contributed by atoms with Crippen LogP contribution in [0.5, 0.6) is 5.75 Å². The van der Waals surface area contributed by atoms with Gasteiger partial charge in [0.2, 0.25) is 0 Å². The molecule has 0 amide bonds. The maximum Gasteiger partial charge on any atom is 0.172 e. The molecule has 1 aromatic carbocycles. The molecule has 0 unspecified atom stereocenters. The molecule has 0 bridgehead atoms. The van der Waals surface area contributed by atoms with Crippen LogP contribution in [-0.2, 0) is 6.61 Å². The Kier molecular flexibility index (Phi) is 5.12. The Balaban J connectivity index is 1.76. The van der Waals surface area contributed by atoms with Gasteiger partial charge in [-0.3, -0.25) is 4.79 Å². The summed E-state index contributed by atoms with van der Waals surface area (Å²) in [5.74, 6) is 0.850. The summed E-state index contributed by atoms with van der Waals surface area (Å²) < 4.78 is 5.59. The van der Waals surface area contributed by atoms with E-state index in [0.717, 1.165) is 10.4 Å². The van der Waals surface area contributed by atoms with Gasteiger partial charge in [-0.15, -0.1) is 11.3 Å². The highest BCUT2D eigenvalue weighted by Crippen LogP contribution is 2.18. The predicted molar refractivity (Wildman–Crippen MR) is 75.7 cm³/mol. The molecule has 0 atom stereocenters. The molecular formula is C15H16O3S. The van der Waals surface area contributed by atoms with Crippen molar-refractivity contribution in [1.29, 1.82) is 0 Å². The van der Waals surface area contributed by atoms with Crippen molar-refractivity contribution in [1.82, 2.24) is 0 Å². The summed E-state index contributed by atoms with van der Waals surface area (Å²) in [6.45, 7) is 0.443. The fraction of sp³-hybridized carbons (Fsp3) is 0.267. The van der Waals surface area contributed by atoms with Gasteiger partial charge in [0.15, 0.2) is 5.78 Å². The topological polar surface area (TPSA) is 46.5 Å². The first-order valence-electron chi connectivity index (χ1n) is 6.19. The molecule has 0 aliphatic heterocycles. The van der Waals surface area contributed by atoms with E-state index >= 15 is 0 Å². The normalized spacial score (nSPS) is 10.4. The van der Waals surface area contributed by atoms with Crippen molar-refractivity contribution in [3.63, 3.8) is 0 Å². The Morgan fingerprint density at radius 2 is 2.05 bits per heavy atom. The van der Waals surface area contributed by atoms with Crippen LogP contribution in [0.2, 0.25) is 0 Å². The standard InChI is InChI=1S/C15H16O3S/c16-11-12-5-1-2-7-14(12)18-9-3-6-13(17)15-8-4-10-19-15/h1-2,4-5,7-8,10,16H,3,6,9,11H2. The van der Waals surface area contributed by atoms with E-state index in [0.29, 0.717) is 25.2 Å². The molecule has 0 aliphatic rings. The van der Waals surface area contributed by atoms with E-state index in [9.17, 15) is 4.79 Å². The lowest BCUT2D eigenvalue weighted by molar-refractivity contribution is 0.0977. The van der Waals surface area contributed by atoms with Gasteiger partial charge in [-0.05, 0) is 23.9 Å². The highest BCUT2D eigenvalue weighted by molar-refractivity contribution is 7.12. The van der Waals surface area contributed by atoms with Crippen LogP contribution in [0, 0.1) is 0 Å². The minimum Gasteiger partial charge on any atom is -0.493 e. The molecule has 2 aromatic rings. The van der Waals surface area contributed by atoms with Crippen molar-refractivity contribution >= 4 is 17.1 Å². The fourth-order valence-electron chi connectivity index (χ4n) is 1.75. The van der Waals surface area contributed by atoms with Gasteiger partial charge in [0.1, 0.15) is 5.75 Å². The molecule has 0 aliphatic carbocycles. The molecule has 0 fully saturated rings. The Hall–Kier alpha value is -1.65. The first-order chi connectivity index (χ1) is 9.31. The second-order valence-electron chi connectivity index (χ2n) is 4.12. The Morgan fingerprint density at radius 1 is 1.21 bits per heavy atom. The zero-order valence-corrected chi connectivity index (χ0v) is 11.4. The number of carbonyl (C=O) groups is 1. The number of Topliss-reactive ketones (excluding diaryl/α,β-unsaturated/α-hetero) is 1. The van der Waals surface area contributed by atoms with Crippen LogP contribution >= 0.6 is 11.3 Å². The molecule has 0 saturated heterocycles. The first-order valence-corrected chi connectivity index (χ1v) is 7.07. The number of aliphatic hydroxyl groups is 1. The number of rotatable bonds is 7. The van der Waals surface area contributed by atoms with Crippen LogP contribution in [0.4, 0.5) is 0 Å². The Bertz CT molecular complexity index is 520. The largest absolute Gasteiger partial charge is 0.493 e. The molecular weight excluding hydrogens is 260 g/mol. The van der Waals surface area contributed by atoms with E-state index in [1.807, 2.05) is 41.8 Å². The Labute approximate surface area is 116 Å². The highest BCUT2D eigenvalue weighted by Gasteiger charge is 2.07. The van der Waals surface area contributed by atoms with Crippen LogP contribution < -0.4 is 4.74 Å². The fourth-order valence-corrected chi connectivity index (χ4v) is 2.44. The van der Waals surface area contributed by atoms with Gasteiger partial charge < -0.3 is 9.84 Å². The lowest BCUT2D eigenvalue weighted by atomic mass is 10.2. The van der Waals surface area contributed by atoms with Crippen molar-refractivity contribution in [2.75, 3.05) is 6.61 Å². The summed E-state index contributed by atoms with van der Waals surface area (Å²) in [7, 11) is 0. The molecule has 1 N–H and O–H groups in total. The monoisotopic (exact) mass is 276 g/mol. The average molecular weight is 276 g/mol. The van der Waals surface area contributed by atoms with Crippen LogP contribution in [-0.4, -0.2) is 17.5 Å². The maximum atomic E-state index is 11.8. The second-order valence-corrected chi connectivity index (χ2v) is 5.07. The van der Waals surface area contributed by atoms with E-state index < -0.39 is 0 Å². The lowest BCUT2D eigenvalue weighted by Gasteiger charge is -2.09. The van der Waals surface area contributed by atoms with Crippen molar-refractivity contribution in [2.45, 2.75) is 19.4 Å². The van der Waals surface area contributed by atoms with Gasteiger partial charge in [0, 0.05) is 12.0 Å². The van der Waals surface area contributed by atoms with Crippen molar-refractivity contribution in [3.8, 4) is 5.75 Å². The van der Waals surface area contributed by atoms with Crippen molar-refractivity contribution < 1.29 is 14.6 Å². The van der Waals surface area contributed by atoms with Gasteiger partial charge in [-0.25, -0.2) is 0 Å². The minimum absolute atomic E-state index is 0.0374. The van der Waals surface area contributed by atoms with Crippen molar-refractivity contribution in [3.05, 3.63) is 52.2 Å². The van der Waals surface area contributed by atoms with Crippen molar-refractivity contribution in [2.24, 2.45) is 0 Å². The highest BCUT2D eigenvalue weighted by atomic mass is 32.1. The van der Waals surface area contributed by atoms with Gasteiger partial charge >= 0.3 is 0 Å². The summed E-state index contributed by atoms with van der Waals surface area (Å²) in [5, 5.41) is 11.1. The number of ketones is 1. The van der Waals surface area contributed by atoms with Crippen LogP contribution in [0.1, 0.15) is 28.1 Å². The Morgan fingerprint density at radius 3 is 2.79 bits per heavy atom. The molecule has 100 valence electrons. The van der Waals surface area contributed by atoms with Gasteiger partial charge in [-0.1, -0.05) is 24.3 Å². The molecule has 3 nitrogen and oxygen atoms in total. The summed E-state index contributed by atoms with van der Waals surface area (Å²) in [4.78, 5) is 12.6. The minimum atomic E-state index is -0.0374. The number of hydrogen-bond acceptors (Lipinski definition) is 4. The summed E-state index contributed by atoms with van der Waals surface area (Å²) >= 11 is 1.47. The number of benzene rings is 1. The average Bonchev–Trinajstić information content (AvgIpc) is 2.98. The molecule has 1 heterocycles. The van der Waals surface area contributed by atoms with Crippen LogP contribution in [0.25, 0.3) is 0 Å². The predicted octanol–water partition coefficient (Wildman–Crippen LogP) is 3.28. The van der Waals surface area contributed by atoms with Gasteiger partial charge in [0.25, 0.3) is 0 Å². The van der Waals surface area contributed by atoms with Gasteiger partial charge in [-0.2, -0.15) is 0 Å². The second kappa shape index (κ2) is 7.07. The van der Waals surface area contributed by atoms with E-state index in [1.54, 1.807) is 0 Å². The number of ether oxygens (including phenoxy) is 1. The third-order valence-corrected chi connectivity index (χ3v) is 3.66. The molecule has 1 aromatic heterocycles. The number of thiophene rings is 1. The third kappa shape index (κ3) is 3.91. The molecule has 4 heteroatoms. The SMILES string of the molecule is O=C(CCCOc1ccccc1CO)c1cccs1. The molecule has 0 radical (unpaired) electrons. The summed E-state index contributed by atoms with van der Waals surface area (Å²) in [5.41, 5.74) is 0.770. The van der Waals surface area contributed by atoms with E-state index in [1.165, 1.54) is 11.3 Å². The van der Waals surface area contributed by atoms with E-state index in [-0.39, 0.29) is 12.4 Å². The summed E-state index contributed by atoms with van der Waals surface area (Å²) in [6.07, 6.45) is 1.16. The zero-order valence-electron chi connectivity index (χ0n) is 10.5. The molecule has 0 saturated carbocycles. The van der Waals surface area contributed by atoms with E-state index in [4.69, 9.17) is 9.84 Å². The first kappa shape index (κ1) is 13.8. The maximum absolute atomic E-state index is 11.8. The summed E-state index contributed by atoms with van der Waals surface area (Å²) in [6, 6.07) is 11.1. The smallest absolute Gasteiger partial charge is 0.172 e. The third-order valence-electron chi connectivity index (χ3n) is 2.74.